The number of ketones is 1. The Balaban J connectivity index is 2.96. The molecule has 0 heterocycles. The Morgan fingerprint density at radius 2 is 1.30 bits per heavy atom. The number of esters is 1. The Labute approximate surface area is 184 Å². The second kappa shape index (κ2) is 9.89. The molecule has 1 aromatic carbocycles. The highest BCUT2D eigenvalue weighted by molar-refractivity contribution is 6.74. The van der Waals surface area contributed by atoms with Gasteiger partial charge < -0.3 is 13.6 Å². The summed E-state index contributed by atoms with van der Waals surface area (Å²) in [6.07, 6.45) is -0.989. The number of carbonyl (C=O) groups excluding carboxylic acids is 2. The summed E-state index contributed by atoms with van der Waals surface area (Å²) in [5, 5.41) is -0.0250. The molecule has 7 heteroatoms. The number of hydrogen-bond donors (Lipinski definition) is 0. The molecule has 5 nitrogen and oxygen atoms in total. The smallest absolute Gasteiger partial charge is 0.338 e. The van der Waals surface area contributed by atoms with E-state index in [4.69, 9.17) is 13.6 Å². The van der Waals surface area contributed by atoms with Crippen molar-refractivity contribution in [2.45, 2.75) is 83.9 Å². The molecule has 0 aliphatic carbocycles. The van der Waals surface area contributed by atoms with E-state index in [1.807, 2.05) is 6.07 Å². The average Bonchev–Trinajstić information content (AvgIpc) is 2.61. The van der Waals surface area contributed by atoms with Crippen LogP contribution in [0.2, 0.25) is 36.3 Å². The van der Waals surface area contributed by atoms with Crippen molar-refractivity contribution in [3.05, 3.63) is 35.9 Å². The summed E-state index contributed by atoms with van der Waals surface area (Å²) in [5.74, 6) is -0.789. The van der Waals surface area contributed by atoms with E-state index in [9.17, 15) is 9.59 Å². The van der Waals surface area contributed by atoms with Crippen molar-refractivity contribution in [3.63, 3.8) is 0 Å². The Bertz CT molecular complexity index is 715. The van der Waals surface area contributed by atoms with Crippen LogP contribution in [0.15, 0.2) is 30.3 Å². The lowest BCUT2D eigenvalue weighted by Crippen LogP contribution is -2.47. The first-order valence-corrected chi connectivity index (χ1v) is 16.4. The predicted octanol–water partition coefficient (Wildman–Crippen LogP) is 5.82. The largest absolute Gasteiger partial charge is 0.448 e. The summed E-state index contributed by atoms with van der Waals surface area (Å²) in [6, 6.07) is 8.70. The van der Waals surface area contributed by atoms with E-state index in [0.29, 0.717) is 5.56 Å². The Hall–Kier alpha value is -1.29. The first-order valence-electron chi connectivity index (χ1n) is 10.5. The third kappa shape index (κ3) is 7.44. The van der Waals surface area contributed by atoms with E-state index in [-0.39, 0.29) is 29.1 Å². The third-order valence-corrected chi connectivity index (χ3v) is 15.4. The second-order valence-corrected chi connectivity index (χ2v) is 20.5. The summed E-state index contributed by atoms with van der Waals surface area (Å²) < 4.78 is 17.9. The molecule has 0 aromatic heterocycles. The molecular formula is C23H40O5Si2. The maximum Gasteiger partial charge on any atom is 0.338 e. The quantitative estimate of drug-likeness (QED) is 0.349. The topological polar surface area (TPSA) is 61.8 Å². The first-order chi connectivity index (χ1) is 13.5. The van der Waals surface area contributed by atoms with Gasteiger partial charge in [-0.15, -0.1) is 0 Å². The minimum absolute atomic E-state index is 0.0122. The highest BCUT2D eigenvalue weighted by atomic mass is 28.4. The van der Waals surface area contributed by atoms with Crippen LogP contribution in [-0.2, 0) is 18.4 Å². The van der Waals surface area contributed by atoms with Crippen LogP contribution in [0, 0.1) is 0 Å². The van der Waals surface area contributed by atoms with Gasteiger partial charge in [0.05, 0.1) is 18.8 Å². The summed E-state index contributed by atoms with van der Waals surface area (Å²) >= 11 is 0. The summed E-state index contributed by atoms with van der Waals surface area (Å²) in [7, 11) is -4.21. The van der Waals surface area contributed by atoms with Crippen molar-refractivity contribution in [1.82, 2.24) is 0 Å². The number of Topliss-reactive ketones (excluding diaryl/α,β-unsaturated/α-hetero) is 1. The van der Waals surface area contributed by atoms with Crippen LogP contribution < -0.4 is 0 Å². The van der Waals surface area contributed by atoms with Crippen molar-refractivity contribution in [3.8, 4) is 0 Å². The predicted molar refractivity (Wildman–Crippen MR) is 127 cm³/mol. The van der Waals surface area contributed by atoms with E-state index >= 15 is 0 Å². The highest BCUT2D eigenvalue weighted by Crippen LogP contribution is 2.37. The van der Waals surface area contributed by atoms with Gasteiger partial charge in [-0.2, -0.15) is 0 Å². The molecule has 0 fully saturated rings. The van der Waals surface area contributed by atoms with Gasteiger partial charge in [0.25, 0.3) is 0 Å². The molecule has 0 aliphatic heterocycles. The zero-order valence-corrected chi connectivity index (χ0v) is 22.4. The van der Waals surface area contributed by atoms with Crippen molar-refractivity contribution in [2.24, 2.45) is 0 Å². The Morgan fingerprint density at radius 1 is 0.833 bits per heavy atom. The molecule has 0 aliphatic rings. The molecule has 0 amide bonds. The van der Waals surface area contributed by atoms with Gasteiger partial charge in [-0.1, -0.05) is 59.7 Å². The Morgan fingerprint density at radius 3 is 1.77 bits per heavy atom. The van der Waals surface area contributed by atoms with Crippen molar-refractivity contribution in [2.75, 3.05) is 13.2 Å². The van der Waals surface area contributed by atoms with Crippen LogP contribution in [-0.4, -0.2) is 47.7 Å². The average molecular weight is 453 g/mol. The van der Waals surface area contributed by atoms with E-state index < -0.39 is 28.7 Å². The van der Waals surface area contributed by atoms with Gasteiger partial charge in [0, 0.05) is 0 Å². The SMILES string of the molecule is CC(C)(C)[Si](C)(C)OCC(=O)[C@H](CO[Si](C)(C)C(C)(C)C)OC(=O)c1ccccc1. The van der Waals surface area contributed by atoms with Crippen LogP contribution >= 0.6 is 0 Å². The zero-order chi connectivity index (χ0) is 23.4. The van der Waals surface area contributed by atoms with Crippen LogP contribution in [0.5, 0.6) is 0 Å². The molecule has 0 saturated heterocycles. The van der Waals surface area contributed by atoms with E-state index in [1.165, 1.54) is 0 Å². The molecule has 0 unspecified atom stereocenters. The molecular weight excluding hydrogens is 412 g/mol. The minimum Gasteiger partial charge on any atom is -0.448 e. The molecule has 0 N–H and O–H groups in total. The van der Waals surface area contributed by atoms with Crippen LogP contribution in [0.25, 0.3) is 0 Å². The summed E-state index contributed by atoms with van der Waals surface area (Å²) in [4.78, 5) is 25.6. The van der Waals surface area contributed by atoms with Gasteiger partial charge in [0.1, 0.15) is 0 Å². The normalized spacial score (nSPS) is 14.3. The summed E-state index contributed by atoms with van der Waals surface area (Å²) in [5.41, 5.74) is 0.410. The van der Waals surface area contributed by atoms with Gasteiger partial charge in [-0.25, -0.2) is 4.79 Å². The lowest BCUT2D eigenvalue weighted by molar-refractivity contribution is -0.131. The maximum atomic E-state index is 13.0. The lowest BCUT2D eigenvalue weighted by Gasteiger charge is -2.37. The van der Waals surface area contributed by atoms with Crippen molar-refractivity contribution >= 4 is 28.4 Å². The van der Waals surface area contributed by atoms with E-state index in [1.54, 1.807) is 24.3 Å². The number of carbonyl (C=O) groups is 2. The molecule has 1 atom stereocenters. The third-order valence-electron chi connectivity index (χ3n) is 6.40. The fourth-order valence-corrected chi connectivity index (χ4v) is 3.96. The van der Waals surface area contributed by atoms with Gasteiger partial charge >= 0.3 is 5.97 Å². The van der Waals surface area contributed by atoms with Crippen molar-refractivity contribution in [1.29, 1.82) is 0 Å². The molecule has 0 bridgehead atoms. The fraction of sp³-hybridized carbons (Fsp3) is 0.652. The number of ether oxygens (including phenoxy) is 1. The van der Waals surface area contributed by atoms with Crippen molar-refractivity contribution < 1.29 is 23.2 Å². The fourth-order valence-electron chi connectivity index (χ4n) is 2.03. The van der Waals surface area contributed by atoms with Gasteiger partial charge in [0.2, 0.25) is 0 Å². The second-order valence-electron chi connectivity index (χ2n) is 10.8. The molecule has 1 aromatic rings. The van der Waals surface area contributed by atoms with Crippen LogP contribution in [0.3, 0.4) is 0 Å². The standard InChI is InChI=1S/C23H40O5Si2/c1-22(2,3)29(7,8)26-16-19(24)20(17-27-30(9,10)23(4,5)6)28-21(25)18-14-12-11-13-15-18/h11-15,20H,16-17H2,1-10H3/t20-/m0/s1. The molecule has 0 radical (unpaired) electrons. The minimum atomic E-state index is -2.11. The molecule has 0 saturated carbocycles. The van der Waals surface area contributed by atoms with E-state index in [2.05, 4.69) is 67.7 Å². The molecule has 30 heavy (non-hydrogen) atoms. The number of rotatable bonds is 9. The number of hydrogen-bond acceptors (Lipinski definition) is 5. The monoisotopic (exact) mass is 452 g/mol. The first kappa shape index (κ1) is 26.7. The van der Waals surface area contributed by atoms with Gasteiger partial charge in [-0.3, -0.25) is 4.79 Å². The van der Waals surface area contributed by atoms with Gasteiger partial charge in [-0.05, 0) is 48.4 Å². The summed E-state index contributed by atoms with van der Waals surface area (Å²) in [6.45, 7) is 21.1. The maximum absolute atomic E-state index is 13.0. The molecule has 0 spiro atoms. The van der Waals surface area contributed by atoms with Crippen LogP contribution in [0.4, 0.5) is 0 Å². The Kier molecular flexibility index (Phi) is 8.82. The van der Waals surface area contributed by atoms with Crippen LogP contribution in [0.1, 0.15) is 51.9 Å². The highest BCUT2D eigenvalue weighted by Gasteiger charge is 2.40. The van der Waals surface area contributed by atoms with Gasteiger partial charge in [0.15, 0.2) is 28.5 Å². The number of benzene rings is 1. The molecule has 1 rings (SSSR count). The lowest BCUT2D eigenvalue weighted by atomic mass is 10.2. The van der Waals surface area contributed by atoms with E-state index in [0.717, 1.165) is 0 Å². The molecule has 170 valence electrons. The zero-order valence-electron chi connectivity index (χ0n) is 20.4.